The minimum atomic E-state index is 0.00970. The lowest BCUT2D eigenvalue weighted by Crippen LogP contribution is -2.36. The Kier molecular flexibility index (Phi) is 12.0. The number of nitrogens with zero attached hydrogens (tertiary/aromatic N) is 2. The minimum absolute atomic E-state index is 0.00970. The molecule has 0 fully saturated rings. The van der Waals surface area contributed by atoms with E-state index in [9.17, 15) is 15.3 Å². The normalized spacial score (nSPS) is 19.3. The van der Waals surface area contributed by atoms with E-state index in [4.69, 9.17) is 0 Å². The molecular weight excluding hydrogens is 438 g/mol. The Hall–Kier alpha value is -2.64. The molecule has 3 unspecified atom stereocenters. The molecule has 0 spiro atoms. The summed E-state index contributed by atoms with van der Waals surface area (Å²) in [7, 11) is 4.08. The largest absolute Gasteiger partial charge is 0.395 e. The highest BCUT2D eigenvalue weighted by atomic mass is 16.3. The van der Waals surface area contributed by atoms with Crippen LogP contribution in [0.5, 0.6) is 0 Å². The molecule has 6 nitrogen and oxygen atoms in total. The molecule has 0 aliphatic heterocycles. The van der Waals surface area contributed by atoms with Crippen LogP contribution < -0.4 is 10.2 Å². The smallest absolute Gasteiger partial charge is 0.0606 e. The maximum Gasteiger partial charge on any atom is 0.0606 e. The SMILES string of the molecule is C=C/C(=C\C=C(/C)C(C1=CC(C)C(NCCO)C=C1)c1ccc(N(C)C)cc1)N(CCO)CCO. The Bertz CT molecular complexity index is 910. The molecule has 6 heteroatoms. The highest BCUT2D eigenvalue weighted by Crippen LogP contribution is 2.36. The molecule has 2 rings (SSSR count). The molecule has 3 atom stereocenters. The lowest BCUT2D eigenvalue weighted by Gasteiger charge is -2.29. The van der Waals surface area contributed by atoms with Crippen LogP contribution in [0, 0.1) is 5.92 Å². The van der Waals surface area contributed by atoms with Gasteiger partial charge in [0.15, 0.2) is 0 Å². The Morgan fingerprint density at radius 3 is 2.23 bits per heavy atom. The number of aliphatic hydroxyl groups is 3. The van der Waals surface area contributed by atoms with Gasteiger partial charge in [-0.15, -0.1) is 0 Å². The van der Waals surface area contributed by atoms with Gasteiger partial charge in [-0.2, -0.15) is 0 Å². The Labute approximate surface area is 211 Å². The summed E-state index contributed by atoms with van der Waals surface area (Å²) in [4.78, 5) is 4.02. The average Bonchev–Trinajstić information content (AvgIpc) is 2.84. The van der Waals surface area contributed by atoms with Gasteiger partial charge in [0, 0.05) is 57.1 Å². The van der Waals surface area contributed by atoms with Crippen LogP contribution in [0.3, 0.4) is 0 Å². The van der Waals surface area contributed by atoms with Gasteiger partial charge in [-0.05, 0) is 48.3 Å². The van der Waals surface area contributed by atoms with Crippen molar-refractivity contribution in [3.05, 3.63) is 89.7 Å². The van der Waals surface area contributed by atoms with E-state index in [2.05, 4.69) is 79.2 Å². The van der Waals surface area contributed by atoms with Gasteiger partial charge in [0.2, 0.25) is 0 Å². The van der Waals surface area contributed by atoms with Crippen LogP contribution in [0.4, 0.5) is 5.69 Å². The van der Waals surface area contributed by atoms with Crippen LogP contribution in [-0.4, -0.2) is 79.8 Å². The maximum absolute atomic E-state index is 9.42. The number of allylic oxidation sites excluding steroid dienone is 6. The van der Waals surface area contributed by atoms with E-state index in [1.807, 2.05) is 25.1 Å². The van der Waals surface area contributed by atoms with Gasteiger partial charge < -0.3 is 30.4 Å². The molecular formula is C29H43N3O3. The first-order chi connectivity index (χ1) is 16.9. The molecule has 0 amide bonds. The number of rotatable bonds is 14. The van der Waals surface area contributed by atoms with E-state index in [1.54, 1.807) is 6.08 Å². The molecule has 0 bridgehead atoms. The van der Waals surface area contributed by atoms with Crippen LogP contribution >= 0.6 is 0 Å². The number of anilines is 1. The van der Waals surface area contributed by atoms with Gasteiger partial charge in [-0.3, -0.25) is 0 Å². The van der Waals surface area contributed by atoms with Crippen molar-refractivity contribution >= 4 is 5.69 Å². The summed E-state index contributed by atoms with van der Waals surface area (Å²) in [6.07, 6.45) is 12.6. The van der Waals surface area contributed by atoms with E-state index in [-0.39, 0.29) is 31.8 Å². The Morgan fingerprint density at radius 1 is 1.06 bits per heavy atom. The molecule has 0 saturated heterocycles. The van der Waals surface area contributed by atoms with Crippen molar-refractivity contribution in [2.24, 2.45) is 5.92 Å². The second-order valence-electron chi connectivity index (χ2n) is 9.15. The molecule has 1 aliphatic carbocycles. The van der Waals surface area contributed by atoms with E-state index >= 15 is 0 Å². The van der Waals surface area contributed by atoms with Crippen molar-refractivity contribution < 1.29 is 15.3 Å². The third kappa shape index (κ3) is 8.22. The molecule has 192 valence electrons. The number of aliphatic hydroxyl groups excluding tert-OH is 3. The van der Waals surface area contributed by atoms with E-state index in [0.717, 1.165) is 11.4 Å². The fourth-order valence-corrected chi connectivity index (χ4v) is 4.44. The van der Waals surface area contributed by atoms with Crippen molar-refractivity contribution in [2.45, 2.75) is 25.8 Å². The number of nitrogens with one attached hydrogen (secondary N) is 1. The van der Waals surface area contributed by atoms with Crippen LogP contribution in [0.1, 0.15) is 25.3 Å². The summed E-state index contributed by atoms with van der Waals surface area (Å²) in [6.45, 7) is 9.86. The summed E-state index contributed by atoms with van der Waals surface area (Å²) in [5.74, 6) is 0.372. The van der Waals surface area contributed by atoms with Crippen LogP contribution in [-0.2, 0) is 0 Å². The van der Waals surface area contributed by atoms with E-state index in [0.29, 0.717) is 25.6 Å². The monoisotopic (exact) mass is 481 g/mol. The summed E-state index contributed by atoms with van der Waals surface area (Å²) in [5.41, 5.74) is 5.65. The molecule has 35 heavy (non-hydrogen) atoms. The highest BCUT2D eigenvalue weighted by Gasteiger charge is 2.23. The average molecular weight is 482 g/mol. The summed E-state index contributed by atoms with van der Waals surface area (Å²) < 4.78 is 0. The third-order valence-electron chi connectivity index (χ3n) is 6.37. The second-order valence-corrected chi connectivity index (χ2v) is 9.15. The molecule has 4 N–H and O–H groups in total. The molecule has 1 aromatic carbocycles. The standard InChI is InChI=1S/C29H43N3O3/c1-6-26(32(16-19-34)17-20-35)11-7-22(2)29(24-8-12-27(13-9-24)31(4)5)25-10-14-28(23(3)21-25)30-15-18-33/h6-14,21,23,28-30,33-35H,1,15-20H2,2-5H3/b22-7+,26-11+. The van der Waals surface area contributed by atoms with Gasteiger partial charge in [0.1, 0.15) is 0 Å². The zero-order chi connectivity index (χ0) is 25.8. The van der Waals surface area contributed by atoms with Crippen molar-refractivity contribution in [2.75, 3.05) is 58.5 Å². The van der Waals surface area contributed by atoms with Gasteiger partial charge >= 0.3 is 0 Å². The summed E-state index contributed by atoms with van der Waals surface area (Å²) in [6, 6.07) is 8.87. The van der Waals surface area contributed by atoms with Crippen molar-refractivity contribution in [3.8, 4) is 0 Å². The zero-order valence-electron chi connectivity index (χ0n) is 21.7. The summed E-state index contributed by atoms with van der Waals surface area (Å²) in [5, 5.41) is 31.4. The fourth-order valence-electron chi connectivity index (χ4n) is 4.44. The number of benzene rings is 1. The van der Waals surface area contributed by atoms with Gasteiger partial charge in [-0.25, -0.2) is 0 Å². The van der Waals surface area contributed by atoms with Gasteiger partial charge in [0.25, 0.3) is 0 Å². The second kappa shape index (κ2) is 14.7. The molecule has 1 aromatic rings. The van der Waals surface area contributed by atoms with Crippen LogP contribution in [0.25, 0.3) is 0 Å². The fraction of sp³-hybridized carbons (Fsp3) is 0.448. The first-order valence-electron chi connectivity index (χ1n) is 12.3. The Morgan fingerprint density at radius 2 is 1.71 bits per heavy atom. The summed E-state index contributed by atoms with van der Waals surface area (Å²) >= 11 is 0. The predicted octanol–water partition coefficient (Wildman–Crippen LogP) is 3.22. The number of hydrogen-bond acceptors (Lipinski definition) is 6. The topological polar surface area (TPSA) is 79.2 Å². The number of hydrogen-bond donors (Lipinski definition) is 4. The molecule has 0 radical (unpaired) electrons. The minimum Gasteiger partial charge on any atom is -0.395 e. The van der Waals surface area contributed by atoms with Crippen molar-refractivity contribution in [1.29, 1.82) is 0 Å². The van der Waals surface area contributed by atoms with E-state index < -0.39 is 0 Å². The predicted molar refractivity (Wildman–Crippen MR) is 147 cm³/mol. The molecule has 0 saturated carbocycles. The highest BCUT2D eigenvalue weighted by molar-refractivity contribution is 5.51. The molecule has 1 aliphatic rings. The zero-order valence-corrected chi connectivity index (χ0v) is 21.7. The molecule has 0 aromatic heterocycles. The first kappa shape index (κ1) is 28.6. The lowest BCUT2D eigenvalue weighted by molar-refractivity contribution is 0.192. The maximum atomic E-state index is 9.42. The first-order valence-corrected chi connectivity index (χ1v) is 12.3. The van der Waals surface area contributed by atoms with Crippen LogP contribution in [0.2, 0.25) is 0 Å². The van der Waals surface area contributed by atoms with Crippen molar-refractivity contribution in [3.63, 3.8) is 0 Å². The van der Waals surface area contributed by atoms with Crippen LogP contribution in [0.15, 0.2) is 84.1 Å². The van der Waals surface area contributed by atoms with E-state index in [1.165, 1.54) is 16.7 Å². The Balaban J connectivity index is 2.45. The lowest BCUT2D eigenvalue weighted by atomic mass is 9.80. The quantitative estimate of drug-likeness (QED) is 0.306. The van der Waals surface area contributed by atoms with Crippen molar-refractivity contribution in [1.82, 2.24) is 10.2 Å². The van der Waals surface area contributed by atoms with Gasteiger partial charge in [-0.1, -0.05) is 55.5 Å². The third-order valence-corrected chi connectivity index (χ3v) is 6.37. The van der Waals surface area contributed by atoms with Gasteiger partial charge in [0.05, 0.1) is 19.8 Å². The molecule has 0 heterocycles.